The van der Waals surface area contributed by atoms with Crippen LogP contribution in [0.1, 0.15) is 278 Å². The fraction of sp³-hybridized carbons (Fsp3) is 0.866. The average molecular weight is 1310 g/mol. The molecule has 24 heteroatoms. The summed E-state index contributed by atoms with van der Waals surface area (Å²) in [5.74, 6) is -6.67. The van der Waals surface area contributed by atoms with Crippen LogP contribution in [-0.2, 0) is 52.6 Å². The highest BCUT2D eigenvalue weighted by Crippen LogP contribution is 2.18. The van der Waals surface area contributed by atoms with Crippen molar-refractivity contribution in [3.8, 4) is 0 Å². The predicted octanol–water partition coefficient (Wildman–Crippen LogP) is 7.66. The Morgan fingerprint density at radius 1 is 0.374 bits per heavy atom. The van der Waals surface area contributed by atoms with Crippen LogP contribution in [0.2, 0.25) is 0 Å². The number of carbonyl (C=O) groups excluding carboxylic acids is 8. The largest absolute Gasteiger partial charge is 0.480 e. The summed E-state index contributed by atoms with van der Waals surface area (Å²) in [6, 6.07) is -7.84. The zero-order chi connectivity index (χ0) is 67.5. The molecule has 0 fully saturated rings. The van der Waals surface area contributed by atoms with E-state index >= 15 is 0 Å². The molecule has 0 aliphatic carbocycles. The van der Waals surface area contributed by atoms with Crippen LogP contribution >= 0.6 is 11.8 Å². The number of aliphatic hydroxyl groups excluding tert-OH is 1. The van der Waals surface area contributed by atoms with Gasteiger partial charge in [0.2, 0.25) is 35.4 Å². The lowest BCUT2D eigenvalue weighted by Gasteiger charge is -2.27. The highest BCUT2D eigenvalue weighted by atomic mass is 32.2. The van der Waals surface area contributed by atoms with E-state index in [-0.39, 0.29) is 69.7 Å². The van der Waals surface area contributed by atoms with E-state index in [2.05, 4.69) is 45.7 Å². The molecular formula is C67H128N10O13S. The Bertz CT molecular complexity index is 1930. The molecule has 0 aromatic rings. The van der Waals surface area contributed by atoms with Crippen molar-refractivity contribution in [2.75, 3.05) is 50.9 Å². The smallest absolute Gasteiger partial charge is 0.326 e. The van der Waals surface area contributed by atoms with Gasteiger partial charge >= 0.3 is 17.9 Å². The Kier molecular flexibility index (Phi) is 57.3. The van der Waals surface area contributed by atoms with Gasteiger partial charge in [-0.3, -0.25) is 38.4 Å². The number of rotatable bonds is 64. The maximum Gasteiger partial charge on any atom is 0.326 e. The molecule has 0 saturated carbocycles. The number of unbranched alkanes of at least 4 members (excludes halogenated alkanes) is 28. The van der Waals surface area contributed by atoms with Crippen molar-refractivity contribution < 1.29 is 62.8 Å². The Hall–Kier alpha value is -4.62. The van der Waals surface area contributed by atoms with Gasteiger partial charge in [-0.15, -0.1) is 0 Å². The minimum Gasteiger partial charge on any atom is -0.480 e. The van der Waals surface area contributed by atoms with Crippen molar-refractivity contribution in [2.24, 2.45) is 22.9 Å². The topological polar surface area (TPSA) is 389 Å². The van der Waals surface area contributed by atoms with Gasteiger partial charge < -0.3 is 74.5 Å². The van der Waals surface area contributed by atoms with Gasteiger partial charge in [0.15, 0.2) is 0 Å². The van der Waals surface area contributed by atoms with Crippen molar-refractivity contribution in [1.29, 1.82) is 0 Å². The number of aliphatic carboxylic acids is 1. The number of amides is 6. The molecule has 23 nitrogen and oxygen atoms in total. The van der Waals surface area contributed by atoms with Gasteiger partial charge in [0.1, 0.15) is 49.0 Å². The molecule has 0 aromatic carbocycles. The Balaban J connectivity index is 6.09. The summed E-state index contributed by atoms with van der Waals surface area (Å²) in [5.41, 5.74) is 22.9. The predicted molar refractivity (Wildman–Crippen MR) is 362 cm³/mol. The van der Waals surface area contributed by atoms with Crippen LogP contribution in [0.5, 0.6) is 0 Å². The summed E-state index contributed by atoms with van der Waals surface area (Å²) in [7, 11) is 0. The average Bonchev–Trinajstić information content (AvgIpc) is 1.57. The normalized spacial score (nSPS) is 13.6. The number of hydrogen-bond donors (Lipinski definition) is 12. The molecule has 0 saturated heterocycles. The number of hydrogen-bond acceptors (Lipinski definition) is 17. The molecule has 0 heterocycles. The third kappa shape index (κ3) is 48.7. The quantitative estimate of drug-likeness (QED) is 0.0205. The third-order valence-electron chi connectivity index (χ3n) is 16.1. The molecule has 0 unspecified atom stereocenters. The SMILES string of the molecule is CCCCCCCCCCCCCCCC(=O)OC[C@H](CSC[C@H](NC(C)=O)C(=O)N[C@H](CO)C(=O)N[C@@H](CCCCN)C(=O)N[C@@H](CCCCN)C(=O)N[C@@H](CCCCN)C(=O)N[C@@H](CCCCN)C(=O)O)OC(=O)CCCCCCCCCCCCCCC. The van der Waals surface area contributed by atoms with Crippen molar-refractivity contribution in [3.63, 3.8) is 0 Å². The molecule has 91 heavy (non-hydrogen) atoms. The molecule has 0 bridgehead atoms. The van der Waals surface area contributed by atoms with Crippen LogP contribution in [-0.4, -0.2) is 157 Å². The van der Waals surface area contributed by atoms with Gasteiger partial charge in [-0.1, -0.05) is 168 Å². The van der Waals surface area contributed by atoms with Crippen molar-refractivity contribution in [2.45, 2.75) is 320 Å². The second-order valence-corrected chi connectivity index (χ2v) is 25.6. The van der Waals surface area contributed by atoms with Crippen LogP contribution in [0, 0.1) is 0 Å². The monoisotopic (exact) mass is 1310 g/mol. The van der Waals surface area contributed by atoms with E-state index < -0.39 is 102 Å². The molecule has 0 rings (SSSR count). The first-order valence-electron chi connectivity index (χ1n) is 35.4. The second-order valence-electron chi connectivity index (χ2n) is 24.5. The summed E-state index contributed by atoms with van der Waals surface area (Å²) in [4.78, 5) is 121. The number of carboxylic acids is 1. The Morgan fingerprint density at radius 2 is 0.681 bits per heavy atom. The number of carbonyl (C=O) groups is 9. The molecule has 0 aliphatic heterocycles. The van der Waals surface area contributed by atoms with Crippen LogP contribution in [0.25, 0.3) is 0 Å². The maximum atomic E-state index is 14.2. The van der Waals surface area contributed by atoms with E-state index in [0.29, 0.717) is 77.3 Å². The van der Waals surface area contributed by atoms with E-state index in [1.807, 2.05) is 0 Å². The molecule has 0 radical (unpaired) electrons. The number of aliphatic hydroxyl groups is 1. The highest BCUT2D eigenvalue weighted by molar-refractivity contribution is 7.99. The van der Waals surface area contributed by atoms with E-state index in [1.165, 1.54) is 122 Å². The van der Waals surface area contributed by atoms with E-state index in [0.717, 1.165) is 50.3 Å². The van der Waals surface area contributed by atoms with Crippen LogP contribution in [0.4, 0.5) is 0 Å². The molecule has 0 aliphatic rings. The molecule has 16 N–H and O–H groups in total. The van der Waals surface area contributed by atoms with Crippen LogP contribution in [0.3, 0.4) is 0 Å². The van der Waals surface area contributed by atoms with Gasteiger partial charge in [-0.05, 0) is 116 Å². The van der Waals surface area contributed by atoms with Gasteiger partial charge in [0.05, 0.1) is 6.61 Å². The van der Waals surface area contributed by atoms with Gasteiger partial charge in [-0.25, -0.2) is 4.79 Å². The lowest BCUT2D eigenvalue weighted by molar-refractivity contribution is -0.157. The minimum absolute atomic E-state index is 0.0356. The van der Waals surface area contributed by atoms with Crippen molar-refractivity contribution in [3.05, 3.63) is 0 Å². The lowest BCUT2D eigenvalue weighted by atomic mass is 10.0. The second kappa shape index (κ2) is 60.3. The van der Waals surface area contributed by atoms with Crippen LogP contribution < -0.4 is 54.8 Å². The third-order valence-corrected chi connectivity index (χ3v) is 17.3. The van der Waals surface area contributed by atoms with Gasteiger partial charge in [0.25, 0.3) is 0 Å². The first kappa shape index (κ1) is 86.4. The van der Waals surface area contributed by atoms with Crippen molar-refractivity contribution in [1.82, 2.24) is 31.9 Å². The fourth-order valence-corrected chi connectivity index (χ4v) is 11.6. The summed E-state index contributed by atoms with van der Waals surface area (Å²) in [6.45, 7) is 5.76. The number of nitrogens with one attached hydrogen (secondary N) is 6. The zero-order valence-electron chi connectivity index (χ0n) is 56.6. The summed E-state index contributed by atoms with van der Waals surface area (Å²) < 4.78 is 11.5. The first-order chi connectivity index (χ1) is 44.0. The number of carboxylic acid groups (broad SMARTS) is 1. The molecule has 530 valence electrons. The number of thioether (sulfide) groups is 1. The zero-order valence-corrected chi connectivity index (χ0v) is 57.4. The number of esters is 2. The standard InChI is InChI=1S/C67H128N10O13S/c1-4-6-8-10-12-14-16-18-20-22-24-26-28-42-60(80)89-49-53(90-61(81)43-29-27-25-23-21-19-17-15-13-11-9-7-5-2)50-91-51-59(72-52(3)79)66(86)77-58(48-78)65(85)75-55(39-31-35-45-69)63(83)73-54(38-30-34-44-68)62(82)74-56(40-32-36-46-70)64(84)76-57(67(87)88)41-33-37-47-71/h53-59,78H,4-51,68-71H2,1-3H3,(H,72,79)(H,73,83)(H,74,82)(H,75,85)(H,76,84)(H,77,86)(H,87,88)/t53-,54+,55+,56+,57+,58-,59+/m1/s1. The van der Waals surface area contributed by atoms with E-state index in [4.69, 9.17) is 32.4 Å². The summed E-state index contributed by atoms with van der Waals surface area (Å²) >= 11 is 1.15. The summed E-state index contributed by atoms with van der Waals surface area (Å²) in [6.07, 6.45) is 33.8. The van der Waals surface area contributed by atoms with Gasteiger partial charge in [-0.2, -0.15) is 11.8 Å². The van der Waals surface area contributed by atoms with E-state index in [9.17, 15) is 53.4 Å². The summed E-state index contributed by atoms with van der Waals surface area (Å²) in [5, 5.41) is 36.0. The molecule has 0 aromatic heterocycles. The van der Waals surface area contributed by atoms with Crippen molar-refractivity contribution >= 4 is 65.1 Å². The Morgan fingerprint density at radius 3 is 1.02 bits per heavy atom. The Labute approximate surface area is 551 Å². The molecular weight excluding hydrogens is 1180 g/mol. The number of nitrogens with two attached hydrogens (primary N) is 4. The van der Waals surface area contributed by atoms with Crippen LogP contribution in [0.15, 0.2) is 0 Å². The highest BCUT2D eigenvalue weighted by Gasteiger charge is 2.33. The van der Waals surface area contributed by atoms with Gasteiger partial charge in [0, 0.05) is 31.3 Å². The first-order valence-corrected chi connectivity index (χ1v) is 36.5. The molecule has 7 atom stereocenters. The molecule has 6 amide bonds. The lowest BCUT2D eigenvalue weighted by Crippen LogP contribution is -2.60. The van der Waals surface area contributed by atoms with E-state index in [1.54, 1.807) is 0 Å². The minimum atomic E-state index is -1.62. The number of ether oxygens (including phenoxy) is 2. The maximum absolute atomic E-state index is 14.2. The fourth-order valence-electron chi connectivity index (χ4n) is 10.5. The molecule has 0 spiro atoms.